The van der Waals surface area contributed by atoms with Crippen LogP contribution in [0.5, 0.6) is 5.75 Å². The summed E-state index contributed by atoms with van der Waals surface area (Å²) in [6.07, 6.45) is 1.68. The molecule has 6 nitrogen and oxygen atoms in total. The van der Waals surface area contributed by atoms with Crippen LogP contribution in [0.1, 0.15) is 4.88 Å². The zero-order valence-electron chi connectivity index (χ0n) is 11.6. The van der Waals surface area contributed by atoms with Crippen LogP contribution in [-0.4, -0.2) is 29.9 Å². The number of nitrogens with zero attached hydrogens (tertiary/aromatic N) is 2. The Hall–Kier alpha value is -2.12. The number of anilines is 2. The monoisotopic (exact) mass is 337 g/mol. The van der Waals surface area contributed by atoms with Crippen LogP contribution < -0.4 is 15.0 Å². The van der Waals surface area contributed by atoms with Crippen molar-refractivity contribution < 1.29 is 14.3 Å². The number of rotatable bonds is 3. The Morgan fingerprint density at radius 3 is 3.09 bits per heavy atom. The lowest BCUT2D eigenvalue weighted by atomic mass is 10.2. The molecule has 1 aliphatic heterocycles. The fourth-order valence-corrected chi connectivity index (χ4v) is 2.91. The molecule has 22 heavy (non-hydrogen) atoms. The van der Waals surface area contributed by atoms with Gasteiger partial charge in [-0.3, -0.25) is 14.5 Å². The average molecular weight is 338 g/mol. The zero-order chi connectivity index (χ0) is 15.7. The van der Waals surface area contributed by atoms with Gasteiger partial charge in [-0.05, 0) is 25.1 Å². The van der Waals surface area contributed by atoms with Crippen LogP contribution in [-0.2, 0) is 9.59 Å². The molecule has 0 spiro atoms. The van der Waals surface area contributed by atoms with E-state index in [2.05, 4.69) is 10.3 Å². The molecule has 2 aromatic rings. The maximum atomic E-state index is 12.1. The van der Waals surface area contributed by atoms with Crippen molar-refractivity contribution >= 4 is 45.6 Å². The molecule has 1 aliphatic rings. The molecule has 0 unspecified atom stereocenters. The van der Waals surface area contributed by atoms with E-state index in [0.717, 1.165) is 4.88 Å². The van der Waals surface area contributed by atoms with E-state index < -0.39 is 0 Å². The number of hydrogen-bond acceptors (Lipinski definition) is 5. The number of fused-ring (bicyclic) bond motifs is 1. The van der Waals surface area contributed by atoms with Gasteiger partial charge < -0.3 is 10.1 Å². The van der Waals surface area contributed by atoms with Crippen LogP contribution in [0, 0.1) is 6.92 Å². The van der Waals surface area contributed by atoms with Crippen molar-refractivity contribution in [2.75, 3.05) is 23.4 Å². The highest BCUT2D eigenvalue weighted by atomic mass is 35.5. The molecule has 0 atom stereocenters. The lowest BCUT2D eigenvalue weighted by molar-refractivity contribution is -0.123. The number of thiazole rings is 1. The normalized spacial score (nSPS) is 13.5. The largest absolute Gasteiger partial charge is 0.482 e. The molecule has 0 radical (unpaired) electrons. The molecular weight excluding hydrogens is 326 g/mol. The second kappa shape index (κ2) is 5.94. The summed E-state index contributed by atoms with van der Waals surface area (Å²) in [5.41, 5.74) is 0.495. The third-order valence-electron chi connectivity index (χ3n) is 3.03. The number of hydrogen-bond donors (Lipinski definition) is 1. The summed E-state index contributed by atoms with van der Waals surface area (Å²) in [6, 6.07) is 4.96. The first kappa shape index (κ1) is 14.8. The van der Waals surface area contributed by atoms with Gasteiger partial charge in [0.1, 0.15) is 12.3 Å². The van der Waals surface area contributed by atoms with E-state index in [1.807, 2.05) is 6.92 Å². The van der Waals surface area contributed by atoms with Gasteiger partial charge in [-0.15, -0.1) is 11.3 Å². The SMILES string of the molecule is Cc1cnc(NC(=O)CN2C(=O)COc3ccc(Cl)cc32)s1. The second-order valence-corrected chi connectivity index (χ2v) is 6.38. The third-order valence-corrected chi connectivity index (χ3v) is 4.10. The topological polar surface area (TPSA) is 71.5 Å². The van der Waals surface area contributed by atoms with Crippen molar-refractivity contribution in [1.82, 2.24) is 4.98 Å². The zero-order valence-corrected chi connectivity index (χ0v) is 13.2. The van der Waals surface area contributed by atoms with Crippen molar-refractivity contribution in [2.45, 2.75) is 6.92 Å². The molecule has 0 bridgehead atoms. The lowest BCUT2D eigenvalue weighted by Gasteiger charge is -2.28. The number of nitrogens with one attached hydrogen (secondary N) is 1. The number of carbonyl (C=O) groups excluding carboxylic acids is 2. The second-order valence-electron chi connectivity index (χ2n) is 4.70. The Morgan fingerprint density at radius 2 is 2.36 bits per heavy atom. The molecule has 0 saturated heterocycles. The summed E-state index contributed by atoms with van der Waals surface area (Å²) in [4.78, 5) is 30.6. The summed E-state index contributed by atoms with van der Waals surface area (Å²) >= 11 is 7.33. The Labute approximate surface area is 135 Å². The van der Waals surface area contributed by atoms with E-state index in [0.29, 0.717) is 21.6 Å². The van der Waals surface area contributed by atoms with Gasteiger partial charge in [0, 0.05) is 16.1 Å². The van der Waals surface area contributed by atoms with Crippen LogP contribution >= 0.6 is 22.9 Å². The maximum absolute atomic E-state index is 12.1. The summed E-state index contributed by atoms with van der Waals surface area (Å²) in [5, 5.41) is 3.66. The molecule has 114 valence electrons. The van der Waals surface area contributed by atoms with Crippen molar-refractivity contribution in [3.05, 3.63) is 34.3 Å². The quantitative estimate of drug-likeness (QED) is 0.934. The van der Waals surface area contributed by atoms with Gasteiger partial charge in [0.2, 0.25) is 5.91 Å². The molecule has 2 heterocycles. The Bertz CT molecular complexity index is 747. The van der Waals surface area contributed by atoms with Crippen molar-refractivity contribution in [3.63, 3.8) is 0 Å². The first-order chi connectivity index (χ1) is 10.5. The van der Waals surface area contributed by atoms with Crippen molar-refractivity contribution in [3.8, 4) is 5.75 Å². The van der Waals surface area contributed by atoms with Crippen LogP contribution in [0.25, 0.3) is 0 Å². The predicted octanol–water partition coefficient (Wildman–Crippen LogP) is 2.47. The Kier molecular flexibility index (Phi) is 4.00. The highest BCUT2D eigenvalue weighted by molar-refractivity contribution is 7.15. The first-order valence-electron chi connectivity index (χ1n) is 6.48. The Balaban J connectivity index is 1.78. The van der Waals surface area contributed by atoms with Crippen molar-refractivity contribution in [1.29, 1.82) is 0 Å². The summed E-state index contributed by atoms with van der Waals surface area (Å²) < 4.78 is 5.33. The summed E-state index contributed by atoms with van der Waals surface area (Å²) in [6.45, 7) is 1.68. The predicted molar refractivity (Wildman–Crippen MR) is 84.8 cm³/mol. The minimum absolute atomic E-state index is 0.0989. The van der Waals surface area contributed by atoms with E-state index in [4.69, 9.17) is 16.3 Å². The van der Waals surface area contributed by atoms with Gasteiger partial charge in [-0.1, -0.05) is 11.6 Å². The van der Waals surface area contributed by atoms with Gasteiger partial charge in [0.25, 0.3) is 5.91 Å². The Morgan fingerprint density at radius 1 is 1.55 bits per heavy atom. The molecule has 0 aliphatic carbocycles. The van der Waals surface area contributed by atoms with Gasteiger partial charge >= 0.3 is 0 Å². The van der Waals surface area contributed by atoms with Crippen LogP contribution in [0.2, 0.25) is 5.02 Å². The first-order valence-corrected chi connectivity index (χ1v) is 7.67. The molecule has 8 heteroatoms. The minimum atomic E-state index is -0.324. The molecule has 0 fully saturated rings. The smallest absolute Gasteiger partial charge is 0.265 e. The fourth-order valence-electron chi connectivity index (χ4n) is 2.06. The molecular formula is C14H12ClN3O3S. The number of benzene rings is 1. The van der Waals surface area contributed by atoms with Gasteiger partial charge in [-0.2, -0.15) is 0 Å². The molecule has 3 rings (SSSR count). The third kappa shape index (κ3) is 3.05. The lowest BCUT2D eigenvalue weighted by Crippen LogP contribution is -2.43. The van der Waals surface area contributed by atoms with E-state index in [-0.39, 0.29) is 25.0 Å². The molecule has 1 N–H and O–H groups in total. The van der Waals surface area contributed by atoms with Gasteiger partial charge in [0.15, 0.2) is 11.7 Å². The van der Waals surface area contributed by atoms with Crippen LogP contribution in [0.4, 0.5) is 10.8 Å². The van der Waals surface area contributed by atoms with E-state index in [1.54, 1.807) is 24.4 Å². The number of amides is 2. The van der Waals surface area contributed by atoms with Crippen LogP contribution in [0.3, 0.4) is 0 Å². The number of carbonyl (C=O) groups is 2. The average Bonchev–Trinajstić information content (AvgIpc) is 2.87. The minimum Gasteiger partial charge on any atom is -0.482 e. The molecule has 2 amide bonds. The fraction of sp³-hybridized carbons (Fsp3) is 0.214. The molecule has 1 aromatic carbocycles. The van der Waals surface area contributed by atoms with E-state index >= 15 is 0 Å². The van der Waals surface area contributed by atoms with Crippen molar-refractivity contribution in [2.24, 2.45) is 0 Å². The molecule has 0 saturated carbocycles. The number of ether oxygens (including phenoxy) is 1. The summed E-state index contributed by atoms with van der Waals surface area (Å²) in [7, 11) is 0. The van der Waals surface area contributed by atoms with Gasteiger partial charge in [0.05, 0.1) is 5.69 Å². The van der Waals surface area contributed by atoms with Gasteiger partial charge in [-0.25, -0.2) is 4.98 Å². The maximum Gasteiger partial charge on any atom is 0.265 e. The van der Waals surface area contributed by atoms with E-state index in [9.17, 15) is 9.59 Å². The standard InChI is InChI=1S/C14H12ClN3O3S/c1-8-5-16-14(22-8)17-12(19)6-18-10-4-9(15)2-3-11(10)21-7-13(18)20/h2-5H,6-7H2,1H3,(H,16,17,19). The molecule has 1 aromatic heterocycles. The summed E-state index contributed by atoms with van der Waals surface area (Å²) in [5.74, 6) is -0.0855. The van der Waals surface area contributed by atoms with Crippen LogP contribution in [0.15, 0.2) is 24.4 Å². The highest BCUT2D eigenvalue weighted by Gasteiger charge is 2.27. The highest BCUT2D eigenvalue weighted by Crippen LogP contribution is 2.34. The van der Waals surface area contributed by atoms with E-state index in [1.165, 1.54) is 16.2 Å². The number of halogens is 1. The number of aromatic nitrogens is 1. The number of aryl methyl sites for hydroxylation is 1.